The van der Waals surface area contributed by atoms with E-state index in [4.69, 9.17) is 18.5 Å². The smallest absolute Gasteiger partial charge is 0.379 e. The van der Waals surface area contributed by atoms with Crippen LogP contribution in [0.15, 0.2) is 12.2 Å². The van der Waals surface area contributed by atoms with Crippen LogP contribution in [0.4, 0.5) is 0 Å². The van der Waals surface area contributed by atoms with E-state index in [2.05, 4.69) is 19.1 Å². The number of phosphoric ester groups is 1. The molecule has 0 rings (SSSR count). The van der Waals surface area contributed by atoms with E-state index in [0.717, 1.165) is 6.42 Å². The SMILES string of the molecule is CCCCCCCC/C=C\CCCCCCCCCCCCOCC(COP(=O)(O)OCC[N+](C)(C)C)OC. The molecule has 0 saturated heterocycles. The van der Waals surface area contributed by atoms with Crippen molar-refractivity contribution in [3.8, 4) is 0 Å². The predicted molar refractivity (Wildman–Crippen MR) is 164 cm³/mol. The van der Waals surface area contributed by atoms with Crippen molar-refractivity contribution in [3.63, 3.8) is 0 Å². The quantitative estimate of drug-likeness (QED) is 0.0399. The molecule has 0 radical (unpaired) electrons. The zero-order valence-corrected chi connectivity index (χ0v) is 27.3. The van der Waals surface area contributed by atoms with Crippen LogP contribution in [0.3, 0.4) is 0 Å². The fourth-order valence-electron chi connectivity index (χ4n) is 4.20. The summed E-state index contributed by atoms with van der Waals surface area (Å²) in [6, 6.07) is 0. The van der Waals surface area contributed by atoms with Crippen LogP contribution >= 0.6 is 7.82 Å². The first-order chi connectivity index (χ1) is 18.7. The average molecular weight is 579 g/mol. The van der Waals surface area contributed by atoms with Gasteiger partial charge in [0, 0.05) is 13.7 Å². The summed E-state index contributed by atoms with van der Waals surface area (Å²) in [4.78, 5) is 9.81. The Bertz CT molecular complexity index is 596. The van der Waals surface area contributed by atoms with Crippen LogP contribution in [-0.2, 0) is 23.1 Å². The highest BCUT2D eigenvalue weighted by atomic mass is 31.2. The first kappa shape index (κ1) is 38.7. The number of methoxy groups -OCH3 is 1. The maximum Gasteiger partial charge on any atom is 0.472 e. The fraction of sp³-hybridized carbons (Fsp3) is 0.935. The molecular weight excluding hydrogens is 513 g/mol. The van der Waals surface area contributed by atoms with E-state index in [1.807, 2.05) is 21.1 Å². The summed E-state index contributed by atoms with van der Waals surface area (Å²) < 4.78 is 33.7. The monoisotopic (exact) mass is 578 g/mol. The zero-order valence-electron chi connectivity index (χ0n) is 26.4. The van der Waals surface area contributed by atoms with Crippen molar-refractivity contribution in [2.24, 2.45) is 0 Å². The topological polar surface area (TPSA) is 74.2 Å². The van der Waals surface area contributed by atoms with Gasteiger partial charge in [0.05, 0.1) is 34.4 Å². The maximum absolute atomic E-state index is 12.0. The van der Waals surface area contributed by atoms with Crippen molar-refractivity contribution in [2.45, 2.75) is 129 Å². The van der Waals surface area contributed by atoms with E-state index >= 15 is 0 Å². The maximum atomic E-state index is 12.0. The van der Waals surface area contributed by atoms with Crippen molar-refractivity contribution in [1.82, 2.24) is 0 Å². The van der Waals surface area contributed by atoms with Gasteiger partial charge in [-0.25, -0.2) is 4.57 Å². The number of phosphoric acid groups is 1. The van der Waals surface area contributed by atoms with Gasteiger partial charge in [0.15, 0.2) is 0 Å². The van der Waals surface area contributed by atoms with Crippen molar-refractivity contribution >= 4 is 7.82 Å². The summed E-state index contributed by atoms with van der Waals surface area (Å²) >= 11 is 0. The summed E-state index contributed by atoms with van der Waals surface area (Å²) in [6.45, 7) is 4.02. The Labute approximate surface area is 242 Å². The first-order valence-corrected chi connectivity index (χ1v) is 17.4. The van der Waals surface area contributed by atoms with Crippen LogP contribution in [0.2, 0.25) is 0 Å². The first-order valence-electron chi connectivity index (χ1n) is 15.9. The van der Waals surface area contributed by atoms with Gasteiger partial charge in [-0.15, -0.1) is 0 Å². The van der Waals surface area contributed by atoms with Crippen LogP contribution < -0.4 is 0 Å². The molecule has 1 N–H and O–H groups in total. The van der Waals surface area contributed by atoms with Gasteiger partial charge in [0.1, 0.15) is 19.3 Å². The Balaban J connectivity index is 3.46. The van der Waals surface area contributed by atoms with E-state index < -0.39 is 13.9 Å². The molecule has 8 heteroatoms. The fourth-order valence-corrected chi connectivity index (χ4v) is 4.94. The number of hydrogen-bond acceptors (Lipinski definition) is 5. The van der Waals surface area contributed by atoms with Crippen LogP contribution in [0.25, 0.3) is 0 Å². The van der Waals surface area contributed by atoms with Gasteiger partial charge in [-0.1, -0.05) is 103 Å². The minimum atomic E-state index is -4.08. The molecule has 0 aromatic rings. The molecule has 0 amide bonds. The lowest BCUT2D eigenvalue weighted by molar-refractivity contribution is -0.870. The molecule has 0 aliphatic rings. The second kappa shape index (κ2) is 26.6. The molecule has 0 aromatic heterocycles. The highest BCUT2D eigenvalue weighted by molar-refractivity contribution is 7.47. The van der Waals surface area contributed by atoms with Crippen molar-refractivity contribution in [3.05, 3.63) is 12.2 Å². The standard InChI is InChI=1S/C31H64NO6P/c1-6-7-8-9-10-11-12-13-14-15-16-17-18-19-20-21-22-23-24-25-27-36-29-31(35-5)30-38-39(33,34)37-28-26-32(2,3)4/h13-14,31H,6-12,15-30H2,1-5H3/p+1/b14-13-. The van der Waals surface area contributed by atoms with Gasteiger partial charge < -0.3 is 18.9 Å². The highest BCUT2D eigenvalue weighted by Gasteiger charge is 2.24. The molecule has 0 aromatic carbocycles. The molecule has 0 spiro atoms. The van der Waals surface area contributed by atoms with Crippen LogP contribution in [0.1, 0.15) is 122 Å². The van der Waals surface area contributed by atoms with Gasteiger partial charge in [-0.05, 0) is 32.1 Å². The molecule has 0 saturated carbocycles. The van der Waals surface area contributed by atoms with E-state index in [1.54, 1.807) is 7.11 Å². The highest BCUT2D eigenvalue weighted by Crippen LogP contribution is 2.43. The number of likely N-dealkylation sites (N-methyl/N-ethyl adjacent to an activating group) is 1. The number of ether oxygens (including phenoxy) is 2. The van der Waals surface area contributed by atoms with E-state index in [9.17, 15) is 9.46 Å². The molecule has 0 fully saturated rings. The number of unbranched alkanes of at least 4 members (excludes halogenated alkanes) is 16. The second-order valence-electron chi connectivity index (χ2n) is 11.9. The molecule has 0 bridgehead atoms. The second-order valence-corrected chi connectivity index (χ2v) is 13.3. The largest absolute Gasteiger partial charge is 0.472 e. The Kier molecular flexibility index (Phi) is 26.4. The normalized spacial score (nSPS) is 14.7. The lowest BCUT2D eigenvalue weighted by Gasteiger charge is -2.24. The number of quaternary nitrogens is 1. The third-order valence-corrected chi connectivity index (χ3v) is 7.86. The number of hydrogen-bond donors (Lipinski definition) is 1. The van der Waals surface area contributed by atoms with Gasteiger partial charge >= 0.3 is 7.82 Å². The Morgan fingerprint density at radius 1 is 0.692 bits per heavy atom. The minimum Gasteiger partial charge on any atom is -0.379 e. The van der Waals surface area contributed by atoms with Gasteiger partial charge in [-0.2, -0.15) is 0 Å². The molecule has 234 valence electrons. The predicted octanol–water partition coefficient (Wildman–Crippen LogP) is 8.46. The van der Waals surface area contributed by atoms with Crippen molar-refractivity contribution in [1.29, 1.82) is 0 Å². The van der Waals surface area contributed by atoms with Gasteiger partial charge in [-0.3, -0.25) is 9.05 Å². The lowest BCUT2D eigenvalue weighted by Crippen LogP contribution is -2.37. The van der Waals surface area contributed by atoms with Crippen molar-refractivity contribution < 1.29 is 32.5 Å². The molecule has 39 heavy (non-hydrogen) atoms. The summed E-state index contributed by atoms with van der Waals surface area (Å²) in [5.41, 5.74) is 0. The zero-order chi connectivity index (χ0) is 29.1. The third-order valence-electron chi connectivity index (χ3n) is 6.88. The summed E-state index contributed by atoms with van der Waals surface area (Å²) in [5.74, 6) is 0. The third kappa shape index (κ3) is 30.5. The number of rotatable bonds is 30. The van der Waals surface area contributed by atoms with Crippen LogP contribution in [0, 0.1) is 0 Å². The molecule has 0 aliphatic heterocycles. The Morgan fingerprint density at radius 3 is 1.67 bits per heavy atom. The number of allylic oxidation sites excluding steroid dienone is 2. The van der Waals surface area contributed by atoms with Crippen LogP contribution in [-0.4, -0.2) is 76.7 Å². The average Bonchev–Trinajstić information content (AvgIpc) is 2.88. The molecular formula is C31H65NO6P+. The summed E-state index contributed by atoms with van der Waals surface area (Å²) in [7, 11) is 3.44. The molecule has 0 aliphatic carbocycles. The van der Waals surface area contributed by atoms with E-state index in [0.29, 0.717) is 24.2 Å². The number of nitrogens with zero attached hydrogens (tertiary/aromatic N) is 1. The Hall–Kier alpha value is -0.270. The van der Waals surface area contributed by atoms with Gasteiger partial charge in [0.25, 0.3) is 0 Å². The molecule has 2 atom stereocenters. The Morgan fingerprint density at radius 2 is 1.18 bits per heavy atom. The summed E-state index contributed by atoms with van der Waals surface area (Å²) in [5, 5.41) is 0. The molecule has 7 nitrogen and oxygen atoms in total. The molecule has 0 heterocycles. The lowest BCUT2D eigenvalue weighted by atomic mass is 10.1. The van der Waals surface area contributed by atoms with Gasteiger partial charge in [0.2, 0.25) is 0 Å². The van der Waals surface area contributed by atoms with Crippen LogP contribution in [0.5, 0.6) is 0 Å². The molecule has 2 unspecified atom stereocenters. The van der Waals surface area contributed by atoms with E-state index in [1.165, 1.54) is 109 Å². The van der Waals surface area contributed by atoms with E-state index in [-0.39, 0.29) is 13.2 Å². The summed E-state index contributed by atoms with van der Waals surface area (Å²) in [6.07, 6.45) is 28.1. The van der Waals surface area contributed by atoms with Crippen molar-refractivity contribution in [2.75, 3.05) is 61.2 Å². The minimum absolute atomic E-state index is 0.0371.